The number of anilines is 1. The van der Waals surface area contributed by atoms with Gasteiger partial charge in [0.15, 0.2) is 0 Å². The van der Waals surface area contributed by atoms with Gasteiger partial charge in [-0.25, -0.2) is 4.39 Å². The van der Waals surface area contributed by atoms with Crippen molar-refractivity contribution in [2.24, 2.45) is 11.7 Å². The minimum absolute atomic E-state index is 0.0451. The van der Waals surface area contributed by atoms with E-state index in [1.54, 1.807) is 7.05 Å². The number of fused-ring (bicyclic) bond motifs is 1. The highest BCUT2D eigenvalue weighted by Crippen LogP contribution is 2.41. The van der Waals surface area contributed by atoms with Crippen LogP contribution in [-0.4, -0.2) is 53.9 Å². The van der Waals surface area contributed by atoms with Crippen LogP contribution < -0.4 is 21.1 Å². The number of likely N-dealkylation sites (N-methyl/N-ethyl adjacent to an activating group) is 1. The van der Waals surface area contributed by atoms with E-state index in [4.69, 9.17) is 10.5 Å². The molecule has 1 aromatic rings. The van der Waals surface area contributed by atoms with Gasteiger partial charge in [0.1, 0.15) is 17.6 Å². The van der Waals surface area contributed by atoms with Crippen molar-refractivity contribution in [3.05, 3.63) is 24.0 Å². The summed E-state index contributed by atoms with van der Waals surface area (Å²) in [6, 6.07) is 2.41. The van der Waals surface area contributed by atoms with Gasteiger partial charge in [-0.15, -0.1) is 0 Å². The standard InChI is InChI=1S/C19H23FN4O4/c1-22-13(6-10-2-3-10)17(26)24-9-19(8-14(24)16(21)25)18(27)23-12-7-11(20)4-5-15(12)28-19/h4-5,7,10,13-14,22H,2-3,6,8-9H2,1H3,(H2,21,25)(H,23,27)/t13-,14-,19+/m0/s1. The molecule has 3 atom stereocenters. The van der Waals surface area contributed by atoms with Gasteiger partial charge in [0.05, 0.1) is 18.3 Å². The molecule has 2 aliphatic heterocycles. The molecule has 2 heterocycles. The van der Waals surface area contributed by atoms with Crippen LogP contribution in [0.3, 0.4) is 0 Å². The van der Waals surface area contributed by atoms with E-state index in [2.05, 4.69) is 10.6 Å². The molecule has 8 nitrogen and oxygen atoms in total. The lowest BCUT2D eigenvalue weighted by Gasteiger charge is -2.34. The first kappa shape index (κ1) is 18.7. The molecular weight excluding hydrogens is 367 g/mol. The lowest BCUT2D eigenvalue weighted by atomic mass is 9.96. The van der Waals surface area contributed by atoms with E-state index >= 15 is 0 Å². The largest absolute Gasteiger partial charge is 0.473 e. The molecule has 9 heteroatoms. The van der Waals surface area contributed by atoms with Crippen molar-refractivity contribution in [3.8, 4) is 5.75 Å². The van der Waals surface area contributed by atoms with Crippen LogP contribution in [0, 0.1) is 11.7 Å². The summed E-state index contributed by atoms with van der Waals surface area (Å²) in [5.41, 5.74) is 4.33. The number of primary amides is 1. The highest BCUT2D eigenvalue weighted by Gasteiger charge is 2.57. The first-order chi connectivity index (χ1) is 13.3. The maximum atomic E-state index is 13.4. The Morgan fingerprint density at radius 3 is 2.86 bits per heavy atom. The van der Waals surface area contributed by atoms with Crippen molar-refractivity contribution in [2.45, 2.75) is 43.4 Å². The molecule has 1 spiro atoms. The number of halogens is 1. The highest BCUT2D eigenvalue weighted by molar-refractivity contribution is 6.03. The van der Waals surface area contributed by atoms with E-state index < -0.39 is 35.3 Å². The van der Waals surface area contributed by atoms with Gasteiger partial charge in [0.2, 0.25) is 17.4 Å². The summed E-state index contributed by atoms with van der Waals surface area (Å²) in [6.07, 6.45) is 2.82. The van der Waals surface area contributed by atoms with Crippen molar-refractivity contribution in [2.75, 3.05) is 18.9 Å². The van der Waals surface area contributed by atoms with E-state index in [1.807, 2.05) is 0 Å². The van der Waals surface area contributed by atoms with Gasteiger partial charge in [-0.3, -0.25) is 14.4 Å². The fraction of sp³-hybridized carbons (Fsp3) is 0.526. The molecule has 0 aromatic heterocycles. The first-order valence-corrected chi connectivity index (χ1v) is 9.40. The Bertz CT molecular complexity index is 843. The van der Waals surface area contributed by atoms with E-state index in [0.717, 1.165) is 18.9 Å². The van der Waals surface area contributed by atoms with Crippen molar-refractivity contribution >= 4 is 23.4 Å². The number of hydrogen-bond donors (Lipinski definition) is 3. The van der Waals surface area contributed by atoms with E-state index in [0.29, 0.717) is 18.1 Å². The topological polar surface area (TPSA) is 114 Å². The normalized spacial score (nSPS) is 27.1. The Hall–Kier alpha value is -2.68. The van der Waals surface area contributed by atoms with Gasteiger partial charge in [-0.1, -0.05) is 12.8 Å². The van der Waals surface area contributed by atoms with Gasteiger partial charge in [0, 0.05) is 12.5 Å². The van der Waals surface area contributed by atoms with Gasteiger partial charge >= 0.3 is 0 Å². The number of amides is 3. The number of hydrogen-bond acceptors (Lipinski definition) is 5. The molecule has 2 fully saturated rings. The zero-order chi connectivity index (χ0) is 20.1. The summed E-state index contributed by atoms with van der Waals surface area (Å²) < 4.78 is 19.3. The van der Waals surface area contributed by atoms with E-state index in [9.17, 15) is 18.8 Å². The monoisotopic (exact) mass is 390 g/mol. The number of benzene rings is 1. The van der Waals surface area contributed by atoms with Crippen molar-refractivity contribution in [1.82, 2.24) is 10.2 Å². The van der Waals surface area contributed by atoms with Gasteiger partial charge in [-0.05, 0) is 31.5 Å². The lowest BCUT2D eigenvalue weighted by Crippen LogP contribution is -2.54. The second kappa shape index (κ2) is 6.73. The molecule has 4 N–H and O–H groups in total. The maximum absolute atomic E-state index is 13.4. The average molecular weight is 390 g/mol. The zero-order valence-corrected chi connectivity index (χ0v) is 15.5. The van der Waals surface area contributed by atoms with Gasteiger partial charge in [0.25, 0.3) is 5.91 Å². The van der Waals surface area contributed by atoms with Crippen LogP contribution in [0.15, 0.2) is 18.2 Å². The van der Waals surface area contributed by atoms with Crippen LogP contribution in [0.25, 0.3) is 0 Å². The predicted octanol–water partition coefficient (Wildman–Crippen LogP) is 0.370. The summed E-state index contributed by atoms with van der Waals surface area (Å²) in [7, 11) is 1.70. The van der Waals surface area contributed by atoms with Crippen LogP contribution in [0.1, 0.15) is 25.7 Å². The Kier molecular flexibility index (Phi) is 4.49. The number of nitrogens with one attached hydrogen (secondary N) is 2. The number of nitrogens with zero attached hydrogens (tertiary/aromatic N) is 1. The van der Waals surface area contributed by atoms with Crippen molar-refractivity contribution in [1.29, 1.82) is 0 Å². The molecule has 1 saturated carbocycles. The van der Waals surface area contributed by atoms with Crippen molar-refractivity contribution in [3.63, 3.8) is 0 Å². The molecule has 1 aliphatic carbocycles. The molecule has 150 valence electrons. The van der Waals surface area contributed by atoms with Crippen LogP contribution in [0.2, 0.25) is 0 Å². The Morgan fingerprint density at radius 2 is 2.21 bits per heavy atom. The SMILES string of the molecule is CN[C@@H](CC1CC1)C(=O)N1C[C@@]2(C[C@H]1C(N)=O)Oc1ccc(F)cc1NC2=O. The van der Waals surface area contributed by atoms with Crippen LogP contribution in [0.4, 0.5) is 10.1 Å². The number of nitrogens with two attached hydrogens (primary N) is 1. The molecule has 1 saturated heterocycles. The second-order valence-corrected chi connectivity index (χ2v) is 7.80. The third-order valence-corrected chi connectivity index (χ3v) is 5.76. The third-order valence-electron chi connectivity index (χ3n) is 5.76. The van der Waals surface area contributed by atoms with E-state index in [-0.39, 0.29) is 24.6 Å². The minimum Gasteiger partial charge on any atom is -0.473 e. The Morgan fingerprint density at radius 1 is 1.46 bits per heavy atom. The smallest absolute Gasteiger partial charge is 0.270 e. The van der Waals surface area contributed by atoms with Crippen LogP contribution in [-0.2, 0) is 14.4 Å². The number of carbonyl (C=O) groups is 3. The summed E-state index contributed by atoms with van der Waals surface area (Å²) in [5, 5.41) is 5.64. The summed E-state index contributed by atoms with van der Waals surface area (Å²) in [5.74, 6) is -1.18. The fourth-order valence-electron chi connectivity index (χ4n) is 4.01. The Labute approximate surface area is 161 Å². The highest BCUT2D eigenvalue weighted by atomic mass is 19.1. The summed E-state index contributed by atoms with van der Waals surface area (Å²) in [6.45, 7) is -0.0923. The lowest BCUT2D eigenvalue weighted by molar-refractivity contribution is -0.140. The molecule has 0 bridgehead atoms. The first-order valence-electron chi connectivity index (χ1n) is 9.40. The zero-order valence-electron chi connectivity index (χ0n) is 15.5. The van der Waals surface area contributed by atoms with Crippen molar-refractivity contribution < 1.29 is 23.5 Å². The van der Waals surface area contributed by atoms with Gasteiger partial charge < -0.3 is 26.0 Å². The number of rotatable bonds is 5. The number of ether oxygens (including phenoxy) is 1. The molecule has 0 unspecified atom stereocenters. The molecule has 4 rings (SSSR count). The van der Waals surface area contributed by atoms with E-state index in [1.165, 1.54) is 17.0 Å². The molecular formula is C19H23FN4O4. The summed E-state index contributed by atoms with van der Waals surface area (Å²) in [4.78, 5) is 39.3. The molecule has 28 heavy (non-hydrogen) atoms. The molecule has 3 amide bonds. The molecule has 1 aromatic carbocycles. The second-order valence-electron chi connectivity index (χ2n) is 7.80. The third kappa shape index (κ3) is 3.19. The molecule has 0 radical (unpaired) electrons. The van der Waals surface area contributed by atoms with Crippen LogP contribution in [0.5, 0.6) is 5.75 Å². The van der Waals surface area contributed by atoms with Crippen LogP contribution >= 0.6 is 0 Å². The molecule has 3 aliphatic rings. The Balaban J connectivity index is 1.61. The number of likely N-dealkylation sites (tertiary alicyclic amines) is 1. The average Bonchev–Trinajstić information content (AvgIpc) is 3.39. The quantitative estimate of drug-likeness (QED) is 0.672. The maximum Gasteiger partial charge on any atom is 0.270 e. The summed E-state index contributed by atoms with van der Waals surface area (Å²) >= 11 is 0. The predicted molar refractivity (Wildman–Crippen MR) is 97.9 cm³/mol. The fourth-order valence-corrected chi connectivity index (χ4v) is 4.01. The number of carbonyl (C=O) groups excluding carboxylic acids is 3. The van der Waals surface area contributed by atoms with Gasteiger partial charge in [-0.2, -0.15) is 0 Å². The minimum atomic E-state index is -1.43.